The minimum absolute atomic E-state index is 0.149. The van der Waals surface area contributed by atoms with E-state index in [2.05, 4.69) is 5.32 Å². The first-order valence-electron chi connectivity index (χ1n) is 8.43. The van der Waals surface area contributed by atoms with Crippen molar-refractivity contribution in [2.24, 2.45) is 5.41 Å². The lowest BCUT2D eigenvalue weighted by Gasteiger charge is -2.19. The number of carbonyl (C=O) groups excluding carboxylic acids is 1. The molecule has 0 bridgehead atoms. The van der Waals surface area contributed by atoms with Gasteiger partial charge in [0.2, 0.25) is 5.91 Å². The van der Waals surface area contributed by atoms with Crippen LogP contribution in [0, 0.1) is 5.41 Å². The molecule has 0 radical (unpaired) electrons. The van der Waals surface area contributed by atoms with E-state index in [1.54, 1.807) is 19.1 Å². The maximum absolute atomic E-state index is 12.1. The number of nitrogens with zero attached hydrogens (tertiary/aromatic N) is 1. The Labute approximate surface area is 156 Å². The van der Waals surface area contributed by atoms with Crippen molar-refractivity contribution >= 4 is 23.5 Å². The number of likely N-dealkylation sites (tertiary alicyclic amines) is 1. The maximum Gasteiger partial charge on any atom is 0.310 e. The van der Waals surface area contributed by atoms with Gasteiger partial charge in [-0.05, 0) is 56.3 Å². The van der Waals surface area contributed by atoms with Crippen LogP contribution in [-0.2, 0) is 16.1 Å². The van der Waals surface area contributed by atoms with E-state index in [0.717, 1.165) is 5.56 Å². The van der Waals surface area contributed by atoms with Crippen LogP contribution in [0.15, 0.2) is 40.8 Å². The lowest BCUT2D eigenvalue weighted by Crippen LogP contribution is -2.38. The van der Waals surface area contributed by atoms with Crippen LogP contribution >= 0.6 is 11.6 Å². The lowest BCUT2D eigenvalue weighted by molar-refractivity contribution is -0.147. The number of nitrogens with one attached hydrogen (secondary N) is 1. The Morgan fingerprint density at radius 3 is 2.65 bits per heavy atom. The molecule has 26 heavy (non-hydrogen) atoms. The quantitative estimate of drug-likeness (QED) is 0.809. The minimum Gasteiger partial charge on any atom is -0.481 e. The van der Waals surface area contributed by atoms with Crippen LogP contribution in [0.1, 0.15) is 19.1 Å². The molecule has 1 atom stereocenters. The van der Waals surface area contributed by atoms with Gasteiger partial charge in [-0.15, -0.1) is 0 Å². The molecule has 2 N–H and O–H groups in total. The molecule has 0 spiro atoms. The van der Waals surface area contributed by atoms with Gasteiger partial charge in [0, 0.05) is 17.1 Å². The number of furan rings is 1. The highest BCUT2D eigenvalue weighted by atomic mass is 35.5. The Hall–Kier alpha value is -2.31. The first-order valence-corrected chi connectivity index (χ1v) is 8.81. The third kappa shape index (κ3) is 4.26. The number of aliphatic carboxylic acids is 1. The van der Waals surface area contributed by atoms with Crippen LogP contribution in [-0.4, -0.2) is 41.5 Å². The third-order valence-electron chi connectivity index (χ3n) is 4.69. The molecule has 3 rings (SSSR count). The second-order valence-corrected chi connectivity index (χ2v) is 7.31. The molecule has 1 aliphatic heterocycles. The van der Waals surface area contributed by atoms with E-state index in [1.807, 2.05) is 29.2 Å². The standard InChI is InChI=1S/C19H21ClN2O4/c1-19(18(24)25)8-9-22(12-19)11-17(23)21-10-15-6-7-16(26-15)13-2-4-14(20)5-3-13/h2-7H,8-12H2,1H3,(H,21,23)(H,24,25). The van der Waals surface area contributed by atoms with Gasteiger partial charge >= 0.3 is 5.97 Å². The number of hydrogen-bond donors (Lipinski definition) is 2. The fraction of sp³-hybridized carbons (Fsp3) is 0.368. The summed E-state index contributed by atoms with van der Waals surface area (Å²) in [7, 11) is 0. The van der Waals surface area contributed by atoms with Gasteiger partial charge in [0.05, 0.1) is 18.5 Å². The van der Waals surface area contributed by atoms with E-state index in [-0.39, 0.29) is 19.0 Å². The number of carboxylic acid groups (broad SMARTS) is 1. The summed E-state index contributed by atoms with van der Waals surface area (Å²) >= 11 is 5.88. The molecule has 1 unspecified atom stereocenters. The number of hydrogen-bond acceptors (Lipinski definition) is 4. The maximum atomic E-state index is 12.1. The SMILES string of the molecule is CC1(C(=O)O)CCN(CC(=O)NCc2ccc(-c3ccc(Cl)cc3)o2)C1. The third-order valence-corrected chi connectivity index (χ3v) is 4.94. The van der Waals surface area contributed by atoms with Gasteiger partial charge in [-0.3, -0.25) is 14.5 Å². The summed E-state index contributed by atoms with van der Waals surface area (Å²) in [6.45, 7) is 3.19. The summed E-state index contributed by atoms with van der Waals surface area (Å²) in [6, 6.07) is 11.0. The summed E-state index contributed by atoms with van der Waals surface area (Å²) < 4.78 is 5.75. The van der Waals surface area contributed by atoms with E-state index < -0.39 is 11.4 Å². The van der Waals surface area contributed by atoms with Crippen molar-refractivity contribution in [3.8, 4) is 11.3 Å². The molecule has 7 heteroatoms. The average molecular weight is 377 g/mol. The van der Waals surface area contributed by atoms with E-state index in [9.17, 15) is 14.7 Å². The van der Waals surface area contributed by atoms with Gasteiger partial charge in [-0.1, -0.05) is 11.6 Å². The number of halogens is 1. The summed E-state index contributed by atoms with van der Waals surface area (Å²) in [5, 5.41) is 12.7. The predicted octanol–water partition coefficient (Wildman–Crippen LogP) is 3.01. The second kappa shape index (κ2) is 7.51. The number of rotatable bonds is 6. The molecule has 1 aromatic carbocycles. The van der Waals surface area contributed by atoms with Crippen LogP contribution in [0.4, 0.5) is 0 Å². The van der Waals surface area contributed by atoms with E-state index in [1.165, 1.54) is 0 Å². The Kier molecular flexibility index (Phi) is 5.34. The minimum atomic E-state index is -0.814. The molecule has 2 aromatic rings. The number of amides is 1. The smallest absolute Gasteiger partial charge is 0.310 e. The van der Waals surface area contributed by atoms with Crippen molar-refractivity contribution in [2.75, 3.05) is 19.6 Å². The lowest BCUT2D eigenvalue weighted by atomic mass is 9.90. The molecule has 138 valence electrons. The summed E-state index contributed by atoms with van der Waals surface area (Å²) in [5.41, 5.74) is 0.145. The van der Waals surface area contributed by atoms with E-state index >= 15 is 0 Å². The first-order chi connectivity index (χ1) is 12.4. The summed E-state index contributed by atoms with van der Waals surface area (Å²) in [6.07, 6.45) is 0.554. The number of carbonyl (C=O) groups is 2. The number of benzene rings is 1. The van der Waals surface area contributed by atoms with Crippen molar-refractivity contribution < 1.29 is 19.1 Å². The number of carboxylic acids is 1. The van der Waals surface area contributed by atoms with E-state index in [4.69, 9.17) is 16.0 Å². The van der Waals surface area contributed by atoms with Crippen molar-refractivity contribution in [3.05, 3.63) is 47.2 Å². The Bertz CT molecular complexity index is 802. The van der Waals surface area contributed by atoms with Crippen LogP contribution in [0.25, 0.3) is 11.3 Å². The van der Waals surface area contributed by atoms with Crippen LogP contribution in [0.3, 0.4) is 0 Å². The molecule has 1 aliphatic rings. The van der Waals surface area contributed by atoms with Crippen molar-refractivity contribution in [2.45, 2.75) is 19.9 Å². The predicted molar refractivity (Wildman–Crippen MR) is 97.8 cm³/mol. The molecular weight excluding hydrogens is 356 g/mol. The highest BCUT2D eigenvalue weighted by Crippen LogP contribution is 2.29. The molecule has 2 heterocycles. The zero-order chi connectivity index (χ0) is 18.7. The van der Waals surface area contributed by atoms with Gasteiger partial charge in [0.25, 0.3) is 0 Å². The monoisotopic (exact) mass is 376 g/mol. The Balaban J connectivity index is 1.50. The van der Waals surface area contributed by atoms with Gasteiger partial charge in [0.1, 0.15) is 11.5 Å². The van der Waals surface area contributed by atoms with Crippen molar-refractivity contribution in [1.82, 2.24) is 10.2 Å². The second-order valence-electron chi connectivity index (χ2n) is 6.88. The Morgan fingerprint density at radius 2 is 2.00 bits per heavy atom. The molecular formula is C19H21ClN2O4. The molecule has 6 nitrogen and oxygen atoms in total. The normalized spacial score (nSPS) is 20.2. The fourth-order valence-corrected chi connectivity index (χ4v) is 3.18. The topological polar surface area (TPSA) is 82.8 Å². The van der Waals surface area contributed by atoms with Gasteiger partial charge in [0.15, 0.2) is 0 Å². The largest absolute Gasteiger partial charge is 0.481 e. The van der Waals surface area contributed by atoms with E-state index in [0.29, 0.717) is 36.1 Å². The highest BCUT2D eigenvalue weighted by Gasteiger charge is 2.40. The zero-order valence-corrected chi connectivity index (χ0v) is 15.3. The van der Waals surface area contributed by atoms with Crippen LogP contribution in [0.2, 0.25) is 5.02 Å². The molecule has 1 amide bonds. The summed E-state index contributed by atoms with van der Waals surface area (Å²) in [4.78, 5) is 25.2. The first kappa shape index (κ1) is 18.5. The molecule has 0 aliphatic carbocycles. The molecule has 0 saturated carbocycles. The molecule has 1 aromatic heterocycles. The van der Waals surface area contributed by atoms with Crippen molar-refractivity contribution in [3.63, 3.8) is 0 Å². The van der Waals surface area contributed by atoms with Gasteiger partial charge in [-0.25, -0.2) is 0 Å². The van der Waals surface area contributed by atoms with Crippen molar-refractivity contribution in [1.29, 1.82) is 0 Å². The van der Waals surface area contributed by atoms with Gasteiger partial charge in [-0.2, -0.15) is 0 Å². The van der Waals surface area contributed by atoms with Crippen LogP contribution < -0.4 is 5.32 Å². The Morgan fingerprint density at radius 1 is 1.27 bits per heavy atom. The highest BCUT2D eigenvalue weighted by molar-refractivity contribution is 6.30. The summed E-state index contributed by atoms with van der Waals surface area (Å²) in [5.74, 6) is 0.401. The zero-order valence-electron chi connectivity index (χ0n) is 14.5. The van der Waals surface area contributed by atoms with Crippen LogP contribution in [0.5, 0.6) is 0 Å². The fourth-order valence-electron chi connectivity index (χ4n) is 3.05. The molecule has 1 saturated heterocycles. The van der Waals surface area contributed by atoms with Gasteiger partial charge < -0.3 is 14.8 Å². The molecule has 1 fully saturated rings. The average Bonchev–Trinajstić information content (AvgIpc) is 3.21.